The van der Waals surface area contributed by atoms with E-state index in [-0.39, 0.29) is 11.7 Å². The summed E-state index contributed by atoms with van der Waals surface area (Å²) in [6.07, 6.45) is 1.77. The lowest BCUT2D eigenvalue weighted by atomic mass is 10.0. The zero-order valence-electron chi connectivity index (χ0n) is 8.08. The largest absolute Gasteiger partial charge is 0.294 e. The van der Waals surface area contributed by atoms with Gasteiger partial charge in [0.05, 0.1) is 0 Å². The molecule has 1 aromatic rings. The van der Waals surface area contributed by atoms with Gasteiger partial charge in [-0.2, -0.15) is 0 Å². The molecule has 0 unspecified atom stereocenters. The van der Waals surface area contributed by atoms with Gasteiger partial charge in [0.2, 0.25) is 0 Å². The lowest BCUT2D eigenvalue weighted by Gasteiger charge is -2.03. The van der Waals surface area contributed by atoms with E-state index >= 15 is 0 Å². The molecule has 0 saturated heterocycles. The van der Waals surface area contributed by atoms with E-state index in [4.69, 9.17) is 0 Å². The highest BCUT2D eigenvalue weighted by Crippen LogP contribution is 2.10. The van der Waals surface area contributed by atoms with Crippen LogP contribution in [0, 0.1) is 5.92 Å². The standard InChI is InChI=1S/C12H14O/c1-4-10-5-7-11(8-6-10)12(13)9(2)3/h4-9H,1H2,2-3H3. The molecule has 0 bridgehead atoms. The molecule has 1 nitrogen and oxygen atoms in total. The van der Waals surface area contributed by atoms with Crippen molar-refractivity contribution in [3.8, 4) is 0 Å². The van der Waals surface area contributed by atoms with Gasteiger partial charge in [-0.05, 0) is 5.56 Å². The zero-order chi connectivity index (χ0) is 9.84. The van der Waals surface area contributed by atoms with Crippen LogP contribution >= 0.6 is 0 Å². The van der Waals surface area contributed by atoms with Crippen LogP contribution in [0.2, 0.25) is 0 Å². The van der Waals surface area contributed by atoms with Crippen LogP contribution < -0.4 is 0 Å². The van der Waals surface area contributed by atoms with E-state index in [1.165, 1.54) is 0 Å². The zero-order valence-corrected chi connectivity index (χ0v) is 8.08. The summed E-state index contributed by atoms with van der Waals surface area (Å²) < 4.78 is 0. The summed E-state index contributed by atoms with van der Waals surface area (Å²) in [5.41, 5.74) is 1.82. The van der Waals surface area contributed by atoms with E-state index in [1.54, 1.807) is 6.08 Å². The molecule has 0 aliphatic rings. The first kappa shape index (κ1) is 9.72. The SMILES string of the molecule is C=Cc1ccc(C(=O)C(C)C)cc1. The van der Waals surface area contributed by atoms with Crippen LogP contribution in [-0.4, -0.2) is 5.78 Å². The van der Waals surface area contributed by atoms with Crippen molar-refractivity contribution in [2.75, 3.05) is 0 Å². The van der Waals surface area contributed by atoms with E-state index in [0.717, 1.165) is 11.1 Å². The normalized spacial score (nSPS) is 10.1. The fourth-order valence-electron chi connectivity index (χ4n) is 1.12. The van der Waals surface area contributed by atoms with Crippen molar-refractivity contribution in [2.45, 2.75) is 13.8 Å². The van der Waals surface area contributed by atoms with Gasteiger partial charge in [-0.3, -0.25) is 4.79 Å². The highest BCUT2D eigenvalue weighted by atomic mass is 16.1. The Labute approximate surface area is 79.1 Å². The molecule has 13 heavy (non-hydrogen) atoms. The molecule has 0 radical (unpaired) electrons. The molecular weight excluding hydrogens is 160 g/mol. The predicted molar refractivity (Wildman–Crippen MR) is 55.7 cm³/mol. The van der Waals surface area contributed by atoms with Crippen LogP contribution in [0.25, 0.3) is 6.08 Å². The molecule has 0 atom stereocenters. The fourth-order valence-corrected chi connectivity index (χ4v) is 1.12. The summed E-state index contributed by atoms with van der Waals surface area (Å²) in [5, 5.41) is 0. The van der Waals surface area contributed by atoms with E-state index in [9.17, 15) is 4.79 Å². The van der Waals surface area contributed by atoms with Gasteiger partial charge in [-0.1, -0.05) is 50.8 Å². The van der Waals surface area contributed by atoms with Gasteiger partial charge in [-0.15, -0.1) is 0 Å². The molecular formula is C12H14O. The lowest BCUT2D eigenvalue weighted by molar-refractivity contribution is 0.0939. The fraction of sp³-hybridized carbons (Fsp3) is 0.250. The van der Waals surface area contributed by atoms with E-state index in [1.807, 2.05) is 38.1 Å². The molecule has 0 aromatic heterocycles. The quantitative estimate of drug-likeness (QED) is 0.643. The first-order valence-corrected chi connectivity index (χ1v) is 4.42. The molecule has 68 valence electrons. The Morgan fingerprint density at radius 3 is 2.23 bits per heavy atom. The molecule has 1 heteroatoms. The van der Waals surface area contributed by atoms with Crippen molar-refractivity contribution in [1.82, 2.24) is 0 Å². The smallest absolute Gasteiger partial charge is 0.165 e. The maximum Gasteiger partial charge on any atom is 0.165 e. The number of rotatable bonds is 3. The highest BCUT2D eigenvalue weighted by Gasteiger charge is 2.08. The van der Waals surface area contributed by atoms with Crippen molar-refractivity contribution in [3.63, 3.8) is 0 Å². The third-order valence-corrected chi connectivity index (χ3v) is 1.96. The van der Waals surface area contributed by atoms with Crippen molar-refractivity contribution in [2.24, 2.45) is 5.92 Å². The summed E-state index contributed by atoms with van der Waals surface area (Å²) in [4.78, 5) is 11.5. The van der Waals surface area contributed by atoms with Gasteiger partial charge in [0.25, 0.3) is 0 Å². The van der Waals surface area contributed by atoms with Gasteiger partial charge in [0.15, 0.2) is 5.78 Å². The third-order valence-electron chi connectivity index (χ3n) is 1.96. The number of benzene rings is 1. The van der Waals surface area contributed by atoms with E-state index in [2.05, 4.69) is 6.58 Å². The number of carbonyl (C=O) groups is 1. The average molecular weight is 174 g/mol. The summed E-state index contributed by atoms with van der Waals surface area (Å²) in [5.74, 6) is 0.255. The molecule has 0 N–H and O–H groups in total. The Hall–Kier alpha value is -1.37. The summed E-state index contributed by atoms with van der Waals surface area (Å²) in [6.45, 7) is 7.47. The van der Waals surface area contributed by atoms with Crippen LogP contribution in [0.4, 0.5) is 0 Å². The molecule has 1 rings (SSSR count). The van der Waals surface area contributed by atoms with Gasteiger partial charge < -0.3 is 0 Å². The van der Waals surface area contributed by atoms with Crippen LogP contribution in [0.15, 0.2) is 30.8 Å². The Morgan fingerprint density at radius 1 is 1.31 bits per heavy atom. The Kier molecular flexibility index (Phi) is 3.02. The maximum absolute atomic E-state index is 11.5. The third kappa shape index (κ3) is 2.28. The van der Waals surface area contributed by atoms with Gasteiger partial charge in [-0.25, -0.2) is 0 Å². The summed E-state index contributed by atoms with van der Waals surface area (Å²) in [7, 11) is 0. The minimum atomic E-state index is 0.0644. The number of Topliss-reactive ketones (excluding diaryl/α,β-unsaturated/α-hetero) is 1. The Morgan fingerprint density at radius 2 is 1.85 bits per heavy atom. The topological polar surface area (TPSA) is 17.1 Å². The summed E-state index contributed by atoms with van der Waals surface area (Å²) in [6, 6.07) is 7.50. The van der Waals surface area contributed by atoms with Crippen LogP contribution in [-0.2, 0) is 0 Å². The molecule has 0 fully saturated rings. The number of ketones is 1. The van der Waals surface area contributed by atoms with Crippen molar-refractivity contribution in [3.05, 3.63) is 42.0 Å². The minimum Gasteiger partial charge on any atom is -0.294 e. The van der Waals surface area contributed by atoms with Crippen molar-refractivity contribution in [1.29, 1.82) is 0 Å². The molecule has 1 aromatic carbocycles. The highest BCUT2D eigenvalue weighted by molar-refractivity contribution is 5.97. The molecule has 0 spiro atoms. The molecule has 0 aliphatic heterocycles. The van der Waals surface area contributed by atoms with Crippen LogP contribution in [0.3, 0.4) is 0 Å². The minimum absolute atomic E-state index is 0.0644. The second-order valence-corrected chi connectivity index (χ2v) is 3.35. The first-order chi connectivity index (χ1) is 6.15. The molecule has 0 heterocycles. The van der Waals surface area contributed by atoms with Crippen molar-refractivity contribution < 1.29 is 4.79 Å². The van der Waals surface area contributed by atoms with E-state index < -0.39 is 0 Å². The first-order valence-electron chi connectivity index (χ1n) is 4.42. The second-order valence-electron chi connectivity index (χ2n) is 3.35. The number of carbonyl (C=O) groups excluding carboxylic acids is 1. The molecule has 0 amide bonds. The number of hydrogen-bond donors (Lipinski definition) is 0. The summed E-state index contributed by atoms with van der Waals surface area (Å²) >= 11 is 0. The van der Waals surface area contributed by atoms with Crippen LogP contribution in [0.1, 0.15) is 29.8 Å². The second kappa shape index (κ2) is 4.04. The Bertz CT molecular complexity index is 306. The Balaban J connectivity index is 2.92. The number of hydrogen-bond acceptors (Lipinski definition) is 1. The van der Waals surface area contributed by atoms with Gasteiger partial charge >= 0.3 is 0 Å². The van der Waals surface area contributed by atoms with Crippen molar-refractivity contribution >= 4 is 11.9 Å². The van der Waals surface area contributed by atoms with Gasteiger partial charge in [0, 0.05) is 11.5 Å². The van der Waals surface area contributed by atoms with E-state index in [0.29, 0.717) is 0 Å². The molecule has 0 saturated carbocycles. The maximum atomic E-state index is 11.5. The predicted octanol–water partition coefficient (Wildman–Crippen LogP) is 3.17. The average Bonchev–Trinajstić information content (AvgIpc) is 2.17. The molecule has 0 aliphatic carbocycles. The lowest BCUT2D eigenvalue weighted by Crippen LogP contribution is -2.06. The van der Waals surface area contributed by atoms with Gasteiger partial charge in [0.1, 0.15) is 0 Å². The monoisotopic (exact) mass is 174 g/mol. The van der Waals surface area contributed by atoms with Crippen LogP contribution in [0.5, 0.6) is 0 Å².